The van der Waals surface area contributed by atoms with Gasteiger partial charge in [0.05, 0.1) is 6.10 Å². The van der Waals surface area contributed by atoms with Crippen LogP contribution in [0.1, 0.15) is 39.2 Å². The summed E-state index contributed by atoms with van der Waals surface area (Å²) in [5, 5.41) is 18.6. The van der Waals surface area contributed by atoms with Gasteiger partial charge in [0.1, 0.15) is 5.75 Å². The number of ether oxygens (including phenoxy) is 2. The summed E-state index contributed by atoms with van der Waals surface area (Å²) in [7, 11) is 0. The summed E-state index contributed by atoms with van der Waals surface area (Å²) in [6, 6.07) is 7.53. The number of benzene rings is 1. The average Bonchev–Trinajstić information content (AvgIpc) is 2.49. The predicted molar refractivity (Wildman–Crippen MR) is 79.3 cm³/mol. The number of aliphatic carboxylic acids is 1. The van der Waals surface area contributed by atoms with Gasteiger partial charge in [0.15, 0.2) is 6.10 Å². The maximum Gasteiger partial charge on any atom is 0.333 e. The minimum Gasteiger partial charge on any atom is -0.479 e. The van der Waals surface area contributed by atoms with E-state index in [1.165, 1.54) is 5.56 Å². The van der Waals surface area contributed by atoms with E-state index in [9.17, 15) is 9.90 Å². The van der Waals surface area contributed by atoms with Crippen LogP contribution in [0.15, 0.2) is 24.3 Å². The molecular formula is C16H24O5. The van der Waals surface area contributed by atoms with Crippen LogP contribution in [0.25, 0.3) is 0 Å². The van der Waals surface area contributed by atoms with Crippen LogP contribution in [0.3, 0.4) is 0 Å². The summed E-state index contributed by atoms with van der Waals surface area (Å²) in [5.41, 5.74) is 1.19. The third-order valence-corrected chi connectivity index (χ3v) is 3.14. The van der Waals surface area contributed by atoms with Crippen molar-refractivity contribution in [2.24, 2.45) is 0 Å². The molecule has 0 radical (unpaired) electrons. The highest BCUT2D eigenvalue weighted by atomic mass is 16.7. The third kappa shape index (κ3) is 5.36. The van der Waals surface area contributed by atoms with Gasteiger partial charge in [-0.05, 0) is 24.1 Å². The quantitative estimate of drug-likeness (QED) is 0.893. The van der Waals surface area contributed by atoms with Crippen molar-refractivity contribution >= 4 is 5.97 Å². The highest BCUT2D eigenvalue weighted by molar-refractivity contribution is 5.72. The molecule has 3 unspecified atom stereocenters. The Balaban J connectivity index is 0.00000106. The molecule has 5 nitrogen and oxygen atoms in total. The van der Waals surface area contributed by atoms with Crippen LogP contribution in [0.4, 0.5) is 0 Å². The smallest absolute Gasteiger partial charge is 0.333 e. The molecule has 118 valence electrons. The van der Waals surface area contributed by atoms with E-state index >= 15 is 0 Å². The van der Waals surface area contributed by atoms with E-state index in [-0.39, 0.29) is 12.8 Å². The Hall–Kier alpha value is -1.59. The van der Waals surface area contributed by atoms with Crippen LogP contribution < -0.4 is 4.74 Å². The molecule has 0 bridgehead atoms. The summed E-state index contributed by atoms with van der Waals surface area (Å²) < 4.78 is 10.9. The topological polar surface area (TPSA) is 76.0 Å². The second kappa shape index (κ2) is 8.64. The van der Waals surface area contributed by atoms with Crippen molar-refractivity contribution in [3.05, 3.63) is 29.8 Å². The predicted octanol–water partition coefficient (Wildman–Crippen LogP) is 2.60. The zero-order valence-electron chi connectivity index (χ0n) is 12.8. The number of carboxylic acids is 1. The SMILES string of the molecule is CC.CCc1ccc(OC2CC(O)CC(C(=O)O)O2)cc1. The van der Waals surface area contributed by atoms with Gasteiger partial charge in [-0.3, -0.25) is 0 Å². The molecule has 21 heavy (non-hydrogen) atoms. The molecular weight excluding hydrogens is 272 g/mol. The molecule has 1 fully saturated rings. The zero-order chi connectivity index (χ0) is 15.8. The maximum absolute atomic E-state index is 10.9. The number of aliphatic hydroxyl groups excluding tert-OH is 1. The number of aliphatic hydroxyl groups is 1. The van der Waals surface area contributed by atoms with Crippen molar-refractivity contribution in [1.29, 1.82) is 0 Å². The van der Waals surface area contributed by atoms with Gasteiger partial charge in [-0.15, -0.1) is 0 Å². The zero-order valence-corrected chi connectivity index (χ0v) is 12.8. The molecule has 1 aliphatic rings. The molecule has 0 amide bonds. The Morgan fingerprint density at radius 2 is 1.90 bits per heavy atom. The van der Waals surface area contributed by atoms with Gasteiger partial charge in [0.2, 0.25) is 6.29 Å². The molecule has 5 heteroatoms. The fourth-order valence-electron chi connectivity index (χ4n) is 2.05. The van der Waals surface area contributed by atoms with Gasteiger partial charge in [-0.1, -0.05) is 32.9 Å². The molecule has 0 saturated carbocycles. The second-order valence-electron chi connectivity index (χ2n) is 4.63. The lowest BCUT2D eigenvalue weighted by Gasteiger charge is -2.31. The molecule has 1 aromatic rings. The molecule has 1 heterocycles. The van der Waals surface area contributed by atoms with Crippen molar-refractivity contribution in [1.82, 2.24) is 0 Å². The normalized spacial score (nSPS) is 24.7. The first-order chi connectivity index (χ1) is 10.1. The third-order valence-electron chi connectivity index (χ3n) is 3.14. The molecule has 1 saturated heterocycles. The van der Waals surface area contributed by atoms with E-state index in [1.807, 2.05) is 38.1 Å². The van der Waals surface area contributed by atoms with E-state index in [4.69, 9.17) is 14.6 Å². The number of carboxylic acid groups (broad SMARTS) is 1. The monoisotopic (exact) mass is 296 g/mol. The fourth-order valence-corrected chi connectivity index (χ4v) is 2.05. The Bertz CT molecular complexity index is 429. The standard InChI is InChI=1S/C14H18O5.C2H6/c1-2-9-3-5-11(6-4-9)18-13-8-10(15)7-12(19-13)14(16)17;1-2/h3-6,10,12-13,15H,2,7-8H2,1H3,(H,16,17);1-2H3. The van der Waals surface area contributed by atoms with Gasteiger partial charge in [0, 0.05) is 12.8 Å². The molecule has 3 atom stereocenters. The minimum absolute atomic E-state index is 0.101. The highest BCUT2D eigenvalue weighted by Crippen LogP contribution is 2.23. The summed E-state index contributed by atoms with van der Waals surface area (Å²) in [4.78, 5) is 10.9. The Morgan fingerprint density at radius 3 is 2.43 bits per heavy atom. The van der Waals surface area contributed by atoms with Crippen molar-refractivity contribution in [2.45, 2.75) is 58.5 Å². The first kappa shape index (κ1) is 17.5. The number of rotatable bonds is 4. The Kier molecular flexibility index (Phi) is 7.19. The fraction of sp³-hybridized carbons (Fsp3) is 0.562. The molecule has 0 aromatic heterocycles. The maximum atomic E-state index is 10.9. The van der Waals surface area contributed by atoms with Crippen molar-refractivity contribution in [2.75, 3.05) is 0 Å². The van der Waals surface area contributed by atoms with E-state index in [0.29, 0.717) is 5.75 Å². The molecule has 1 aliphatic heterocycles. The number of hydrogen-bond donors (Lipinski definition) is 2. The first-order valence-corrected chi connectivity index (χ1v) is 7.40. The van der Waals surface area contributed by atoms with E-state index in [0.717, 1.165) is 6.42 Å². The molecule has 1 aromatic carbocycles. The lowest BCUT2D eigenvalue weighted by atomic mass is 10.1. The van der Waals surface area contributed by atoms with Crippen LogP contribution in [-0.2, 0) is 16.0 Å². The van der Waals surface area contributed by atoms with Gasteiger partial charge >= 0.3 is 5.97 Å². The van der Waals surface area contributed by atoms with Crippen LogP contribution >= 0.6 is 0 Å². The van der Waals surface area contributed by atoms with Crippen LogP contribution in [0.2, 0.25) is 0 Å². The molecule has 0 aliphatic carbocycles. The van der Waals surface area contributed by atoms with Crippen LogP contribution in [0.5, 0.6) is 5.75 Å². The Labute approximate surface area is 125 Å². The molecule has 2 rings (SSSR count). The summed E-state index contributed by atoms with van der Waals surface area (Å²) in [6.07, 6.45) is -1.13. The van der Waals surface area contributed by atoms with Crippen LogP contribution in [0, 0.1) is 0 Å². The van der Waals surface area contributed by atoms with Gasteiger partial charge in [-0.2, -0.15) is 0 Å². The average molecular weight is 296 g/mol. The van der Waals surface area contributed by atoms with Crippen LogP contribution in [-0.4, -0.2) is 34.7 Å². The molecule has 0 spiro atoms. The lowest BCUT2D eigenvalue weighted by Crippen LogP contribution is -2.42. The largest absolute Gasteiger partial charge is 0.479 e. The van der Waals surface area contributed by atoms with Gasteiger partial charge in [-0.25, -0.2) is 4.79 Å². The van der Waals surface area contributed by atoms with E-state index in [1.54, 1.807) is 0 Å². The number of hydrogen-bond acceptors (Lipinski definition) is 4. The lowest BCUT2D eigenvalue weighted by molar-refractivity contribution is -0.195. The van der Waals surface area contributed by atoms with Crippen molar-refractivity contribution < 1.29 is 24.5 Å². The van der Waals surface area contributed by atoms with Gasteiger partial charge in [0.25, 0.3) is 0 Å². The summed E-state index contributed by atoms with van der Waals surface area (Å²) in [6.45, 7) is 6.06. The van der Waals surface area contributed by atoms with E-state index in [2.05, 4.69) is 6.92 Å². The van der Waals surface area contributed by atoms with Crippen molar-refractivity contribution in [3.8, 4) is 5.75 Å². The molecule has 2 N–H and O–H groups in total. The van der Waals surface area contributed by atoms with Crippen molar-refractivity contribution in [3.63, 3.8) is 0 Å². The number of aryl methyl sites for hydroxylation is 1. The second-order valence-corrected chi connectivity index (χ2v) is 4.63. The Morgan fingerprint density at radius 1 is 1.29 bits per heavy atom. The van der Waals surface area contributed by atoms with Gasteiger partial charge < -0.3 is 19.7 Å². The number of carbonyl (C=O) groups is 1. The highest BCUT2D eigenvalue weighted by Gasteiger charge is 2.33. The minimum atomic E-state index is -1.08. The summed E-state index contributed by atoms with van der Waals surface area (Å²) >= 11 is 0. The summed E-state index contributed by atoms with van der Waals surface area (Å²) in [5.74, 6) is -0.464. The first-order valence-electron chi connectivity index (χ1n) is 7.40. The van der Waals surface area contributed by atoms with E-state index < -0.39 is 24.5 Å².